The van der Waals surface area contributed by atoms with Gasteiger partial charge in [0.05, 0.1) is 6.61 Å². The van der Waals surface area contributed by atoms with E-state index < -0.39 is 29.5 Å². The largest absolute Gasteiger partial charge is 0.383 e. The molecule has 1 aliphatic rings. The van der Waals surface area contributed by atoms with Gasteiger partial charge in [0.1, 0.15) is 12.2 Å². The molecule has 1 aliphatic heterocycles. The van der Waals surface area contributed by atoms with Crippen LogP contribution in [0.2, 0.25) is 0 Å². The quantitative estimate of drug-likeness (QED) is 0.492. The van der Waals surface area contributed by atoms with Gasteiger partial charge in [-0.1, -0.05) is 0 Å². The second-order valence-electron chi connectivity index (χ2n) is 3.45. The molecule has 76 valence electrons. The maximum atomic E-state index is 10.1. The summed E-state index contributed by atoms with van der Waals surface area (Å²) in [6.07, 6.45) is -1.70. The third-order valence-electron chi connectivity index (χ3n) is 1.80. The van der Waals surface area contributed by atoms with Gasteiger partial charge in [0, 0.05) is 4.92 Å². The van der Waals surface area contributed by atoms with Crippen LogP contribution < -0.4 is 0 Å². The summed E-state index contributed by atoms with van der Waals surface area (Å²) in [4.78, 5) is 9.51. The lowest BCUT2D eigenvalue weighted by molar-refractivity contribution is -0.493. The van der Waals surface area contributed by atoms with Gasteiger partial charge in [-0.3, -0.25) is 10.1 Å². The Labute approximate surface area is 75.6 Å². The second-order valence-corrected chi connectivity index (χ2v) is 3.45. The van der Waals surface area contributed by atoms with E-state index in [0.717, 1.165) is 0 Å². The van der Waals surface area contributed by atoms with Crippen LogP contribution >= 0.6 is 0 Å². The van der Waals surface area contributed by atoms with E-state index in [1.54, 1.807) is 13.8 Å². The molecular formula is C7H13NO5. The van der Waals surface area contributed by atoms with Crippen LogP contribution in [-0.2, 0) is 9.47 Å². The van der Waals surface area contributed by atoms with Gasteiger partial charge in [-0.25, -0.2) is 0 Å². The first-order valence-corrected chi connectivity index (χ1v) is 4.02. The monoisotopic (exact) mass is 191 g/mol. The summed E-state index contributed by atoms with van der Waals surface area (Å²) in [6.45, 7) is 3.09. The van der Waals surface area contributed by atoms with Crippen molar-refractivity contribution >= 4 is 0 Å². The molecule has 0 aromatic rings. The van der Waals surface area contributed by atoms with Crippen LogP contribution in [0.5, 0.6) is 0 Å². The molecule has 6 nitrogen and oxygen atoms in total. The van der Waals surface area contributed by atoms with Crippen molar-refractivity contribution < 1.29 is 19.5 Å². The predicted octanol–water partition coefficient (Wildman–Crippen LogP) is -0.224. The number of hydrogen-bond acceptors (Lipinski definition) is 5. The zero-order valence-electron chi connectivity index (χ0n) is 7.60. The van der Waals surface area contributed by atoms with E-state index in [4.69, 9.17) is 9.47 Å². The molecule has 1 unspecified atom stereocenters. The number of nitro groups is 1. The van der Waals surface area contributed by atoms with Crippen molar-refractivity contribution in [2.45, 2.75) is 31.8 Å². The zero-order chi connectivity index (χ0) is 10.1. The van der Waals surface area contributed by atoms with Gasteiger partial charge in [-0.05, 0) is 13.8 Å². The molecule has 1 fully saturated rings. The number of rotatable bonds is 3. The molecule has 0 aliphatic carbocycles. The third-order valence-corrected chi connectivity index (χ3v) is 1.80. The Morgan fingerprint density at radius 3 is 2.77 bits per heavy atom. The van der Waals surface area contributed by atoms with Crippen molar-refractivity contribution in [2.24, 2.45) is 0 Å². The predicted molar refractivity (Wildman–Crippen MR) is 42.8 cm³/mol. The lowest BCUT2D eigenvalue weighted by Crippen LogP contribution is -2.35. The zero-order valence-corrected chi connectivity index (χ0v) is 7.60. The van der Waals surface area contributed by atoms with E-state index in [-0.39, 0.29) is 6.61 Å². The maximum Gasteiger partial charge on any atom is 0.232 e. The molecule has 0 amide bonds. The van der Waals surface area contributed by atoms with E-state index in [0.29, 0.717) is 0 Å². The number of hydrogen-bond donors (Lipinski definition) is 1. The molecule has 13 heavy (non-hydrogen) atoms. The Bertz CT molecular complexity index is 205. The fraction of sp³-hybridized carbons (Fsp3) is 1.00. The molecule has 2 atom stereocenters. The van der Waals surface area contributed by atoms with Gasteiger partial charge in [-0.15, -0.1) is 0 Å². The average molecular weight is 191 g/mol. The molecule has 0 bridgehead atoms. The molecule has 1 rings (SSSR count). The van der Waals surface area contributed by atoms with Crippen molar-refractivity contribution in [2.75, 3.05) is 13.2 Å². The van der Waals surface area contributed by atoms with Crippen LogP contribution in [0.3, 0.4) is 0 Å². The second kappa shape index (κ2) is 3.57. The van der Waals surface area contributed by atoms with E-state index in [9.17, 15) is 15.2 Å². The van der Waals surface area contributed by atoms with Crippen LogP contribution in [-0.4, -0.2) is 41.2 Å². The number of nitrogens with zero attached hydrogens (tertiary/aromatic N) is 1. The molecule has 1 N–H and O–H groups in total. The van der Waals surface area contributed by atoms with E-state index >= 15 is 0 Å². The summed E-state index contributed by atoms with van der Waals surface area (Å²) in [5.41, 5.74) is 0. The van der Waals surface area contributed by atoms with Crippen LogP contribution in [0.25, 0.3) is 0 Å². The Hall–Kier alpha value is -0.720. The molecule has 6 heteroatoms. The first-order valence-electron chi connectivity index (χ1n) is 4.02. The first-order chi connectivity index (χ1) is 5.91. The van der Waals surface area contributed by atoms with E-state index in [1.807, 2.05) is 0 Å². The van der Waals surface area contributed by atoms with Gasteiger partial charge < -0.3 is 14.6 Å². The highest BCUT2D eigenvalue weighted by molar-refractivity contribution is 4.76. The van der Waals surface area contributed by atoms with Gasteiger partial charge in [0.2, 0.25) is 6.54 Å². The summed E-state index contributed by atoms with van der Waals surface area (Å²) < 4.78 is 10.4. The summed E-state index contributed by atoms with van der Waals surface area (Å²) in [6, 6.07) is 0. The third kappa shape index (κ3) is 2.91. The SMILES string of the molecule is CC1(C)OCC([C@@H](O)C[N+](=O)[O-])O1. The molecule has 0 saturated carbocycles. The average Bonchev–Trinajstić information content (AvgIpc) is 2.28. The minimum Gasteiger partial charge on any atom is -0.383 e. The molecule has 0 spiro atoms. The Morgan fingerprint density at radius 2 is 2.38 bits per heavy atom. The summed E-state index contributed by atoms with van der Waals surface area (Å²) in [5.74, 6) is -0.748. The summed E-state index contributed by atoms with van der Waals surface area (Å²) >= 11 is 0. The Morgan fingerprint density at radius 1 is 1.77 bits per heavy atom. The van der Waals surface area contributed by atoms with Crippen molar-refractivity contribution in [3.05, 3.63) is 10.1 Å². The lowest BCUT2D eigenvalue weighted by Gasteiger charge is -2.18. The molecular weight excluding hydrogens is 178 g/mol. The van der Waals surface area contributed by atoms with E-state index in [1.165, 1.54) is 0 Å². The highest BCUT2D eigenvalue weighted by Gasteiger charge is 2.38. The van der Waals surface area contributed by atoms with Gasteiger partial charge in [0.15, 0.2) is 5.79 Å². The molecule has 1 saturated heterocycles. The van der Waals surface area contributed by atoms with Crippen LogP contribution in [0.1, 0.15) is 13.8 Å². The van der Waals surface area contributed by atoms with Gasteiger partial charge in [0.25, 0.3) is 0 Å². The van der Waals surface area contributed by atoms with Gasteiger partial charge >= 0.3 is 0 Å². The normalized spacial score (nSPS) is 28.7. The first kappa shape index (κ1) is 10.4. The van der Waals surface area contributed by atoms with Gasteiger partial charge in [-0.2, -0.15) is 0 Å². The highest BCUT2D eigenvalue weighted by atomic mass is 16.7. The fourth-order valence-corrected chi connectivity index (χ4v) is 1.18. The Balaban J connectivity index is 2.42. The van der Waals surface area contributed by atoms with Crippen molar-refractivity contribution in [3.63, 3.8) is 0 Å². The standard InChI is InChI=1S/C7H13NO5/c1-7(2)12-4-6(13-7)5(9)3-8(10)11/h5-6,9H,3-4H2,1-2H3/t5-,6?/m0/s1. The summed E-state index contributed by atoms with van der Waals surface area (Å²) in [7, 11) is 0. The van der Waals surface area contributed by atoms with Crippen LogP contribution in [0.4, 0.5) is 0 Å². The lowest BCUT2D eigenvalue weighted by atomic mass is 10.2. The molecule has 0 radical (unpaired) electrons. The minimum atomic E-state index is -1.10. The highest BCUT2D eigenvalue weighted by Crippen LogP contribution is 2.24. The fourth-order valence-electron chi connectivity index (χ4n) is 1.18. The van der Waals surface area contributed by atoms with Crippen molar-refractivity contribution in [3.8, 4) is 0 Å². The topological polar surface area (TPSA) is 81.8 Å². The number of ether oxygens (including phenoxy) is 2. The van der Waals surface area contributed by atoms with Crippen LogP contribution in [0.15, 0.2) is 0 Å². The Kier molecular flexibility index (Phi) is 2.84. The molecule has 0 aromatic heterocycles. The smallest absolute Gasteiger partial charge is 0.232 e. The summed E-state index contributed by atoms with van der Waals surface area (Å²) in [5, 5.41) is 19.4. The number of aliphatic hydroxyl groups is 1. The maximum absolute atomic E-state index is 10.1. The van der Waals surface area contributed by atoms with Crippen molar-refractivity contribution in [1.29, 1.82) is 0 Å². The molecule has 0 aromatic carbocycles. The number of aliphatic hydroxyl groups excluding tert-OH is 1. The minimum absolute atomic E-state index is 0.196. The molecule has 1 heterocycles. The van der Waals surface area contributed by atoms with Crippen LogP contribution in [0, 0.1) is 10.1 Å². The van der Waals surface area contributed by atoms with E-state index in [2.05, 4.69) is 0 Å². The van der Waals surface area contributed by atoms with Crippen molar-refractivity contribution in [1.82, 2.24) is 0 Å².